The predicted molar refractivity (Wildman–Crippen MR) is 77.7 cm³/mol. The van der Waals surface area contributed by atoms with Crippen LogP contribution in [0.2, 0.25) is 0 Å². The maximum absolute atomic E-state index is 5.70. The molecule has 0 radical (unpaired) electrons. The minimum Gasteiger partial charge on any atom is -0.370 e. The van der Waals surface area contributed by atoms with Crippen molar-refractivity contribution in [2.24, 2.45) is 11.8 Å². The summed E-state index contributed by atoms with van der Waals surface area (Å²) in [6.07, 6.45) is 1.05. The van der Waals surface area contributed by atoms with Crippen LogP contribution in [0.4, 0.5) is 17.6 Å². The van der Waals surface area contributed by atoms with Crippen molar-refractivity contribution in [3.8, 4) is 0 Å². The molecule has 1 rings (SSSR count). The van der Waals surface area contributed by atoms with E-state index < -0.39 is 0 Å². The fourth-order valence-corrected chi connectivity index (χ4v) is 1.40. The molecule has 1 aromatic rings. The lowest BCUT2D eigenvalue weighted by Crippen LogP contribution is -2.17. The van der Waals surface area contributed by atoms with Crippen LogP contribution in [0.1, 0.15) is 34.1 Å². The van der Waals surface area contributed by atoms with E-state index in [2.05, 4.69) is 48.3 Å². The Bertz CT molecular complexity index is 364. The lowest BCUT2D eigenvalue weighted by molar-refractivity contribution is 0.439. The third-order valence-electron chi connectivity index (χ3n) is 3.04. The van der Waals surface area contributed by atoms with Crippen LogP contribution >= 0.6 is 0 Å². The molecule has 0 aliphatic heterocycles. The second-order valence-electron chi connectivity index (χ2n) is 5.03. The number of hydrogen-bond donors (Lipinski definition) is 3. The van der Waals surface area contributed by atoms with Gasteiger partial charge >= 0.3 is 0 Å². The van der Waals surface area contributed by atoms with Crippen LogP contribution in [0, 0.1) is 11.8 Å². The highest BCUT2D eigenvalue weighted by Gasteiger charge is 2.08. The van der Waals surface area contributed by atoms with Crippen LogP contribution in [-0.2, 0) is 0 Å². The standard InChI is InChI=1S/C13H25N5/c1-5-6-15-11-7-12(18-13(14)17-11)16-8-10(4)9(2)3/h7,9-10H,5-6,8H2,1-4H3,(H4,14,15,16,17,18). The number of anilines is 3. The van der Waals surface area contributed by atoms with Crippen LogP contribution in [0.15, 0.2) is 6.07 Å². The van der Waals surface area contributed by atoms with Crippen LogP contribution < -0.4 is 16.4 Å². The lowest BCUT2D eigenvalue weighted by Gasteiger charge is -2.17. The van der Waals surface area contributed by atoms with Gasteiger partial charge in [-0.1, -0.05) is 27.7 Å². The maximum Gasteiger partial charge on any atom is 0.223 e. The van der Waals surface area contributed by atoms with Gasteiger partial charge < -0.3 is 16.4 Å². The molecule has 0 spiro atoms. The fourth-order valence-electron chi connectivity index (χ4n) is 1.40. The van der Waals surface area contributed by atoms with Crippen molar-refractivity contribution in [2.75, 3.05) is 29.5 Å². The molecule has 1 unspecified atom stereocenters. The summed E-state index contributed by atoms with van der Waals surface area (Å²) in [5, 5.41) is 6.53. The van der Waals surface area contributed by atoms with Crippen molar-refractivity contribution >= 4 is 17.6 Å². The molecule has 0 fully saturated rings. The summed E-state index contributed by atoms with van der Waals surface area (Å²) in [6.45, 7) is 10.5. The molecule has 1 heterocycles. The lowest BCUT2D eigenvalue weighted by atomic mass is 9.98. The number of hydrogen-bond acceptors (Lipinski definition) is 5. The van der Waals surface area contributed by atoms with Gasteiger partial charge in [0.05, 0.1) is 0 Å². The summed E-state index contributed by atoms with van der Waals surface area (Å²) < 4.78 is 0. The molecule has 1 aromatic heterocycles. The van der Waals surface area contributed by atoms with Gasteiger partial charge in [0, 0.05) is 19.2 Å². The third kappa shape index (κ3) is 4.77. The van der Waals surface area contributed by atoms with Gasteiger partial charge in [0.2, 0.25) is 5.95 Å². The van der Waals surface area contributed by atoms with Gasteiger partial charge in [0.25, 0.3) is 0 Å². The normalized spacial score (nSPS) is 12.5. The zero-order valence-corrected chi connectivity index (χ0v) is 11.8. The highest BCUT2D eigenvalue weighted by atomic mass is 15.1. The maximum atomic E-state index is 5.70. The first-order valence-corrected chi connectivity index (χ1v) is 6.65. The van der Waals surface area contributed by atoms with E-state index >= 15 is 0 Å². The van der Waals surface area contributed by atoms with E-state index in [1.165, 1.54) is 0 Å². The van der Waals surface area contributed by atoms with Gasteiger partial charge in [0.1, 0.15) is 11.6 Å². The molecule has 4 N–H and O–H groups in total. The van der Waals surface area contributed by atoms with Gasteiger partial charge in [-0.2, -0.15) is 9.97 Å². The molecular weight excluding hydrogens is 226 g/mol. The Morgan fingerprint density at radius 3 is 2.33 bits per heavy atom. The van der Waals surface area contributed by atoms with E-state index in [0.29, 0.717) is 17.8 Å². The van der Waals surface area contributed by atoms with Gasteiger partial charge in [-0.15, -0.1) is 0 Å². The largest absolute Gasteiger partial charge is 0.370 e. The minimum absolute atomic E-state index is 0.302. The summed E-state index contributed by atoms with van der Waals surface area (Å²) >= 11 is 0. The summed E-state index contributed by atoms with van der Waals surface area (Å²) in [7, 11) is 0. The van der Waals surface area contributed by atoms with Crippen molar-refractivity contribution in [3.63, 3.8) is 0 Å². The van der Waals surface area contributed by atoms with Gasteiger partial charge in [0.15, 0.2) is 0 Å². The third-order valence-corrected chi connectivity index (χ3v) is 3.04. The summed E-state index contributed by atoms with van der Waals surface area (Å²) in [5.74, 6) is 3.11. The molecule has 5 nitrogen and oxygen atoms in total. The number of nitrogens with zero attached hydrogens (tertiary/aromatic N) is 2. The summed E-state index contributed by atoms with van der Waals surface area (Å²) in [5.41, 5.74) is 5.70. The molecule has 0 amide bonds. The highest BCUT2D eigenvalue weighted by Crippen LogP contribution is 2.15. The monoisotopic (exact) mass is 251 g/mol. The molecule has 18 heavy (non-hydrogen) atoms. The quantitative estimate of drug-likeness (QED) is 0.694. The molecule has 0 saturated heterocycles. The van der Waals surface area contributed by atoms with E-state index in [1.807, 2.05) is 6.07 Å². The number of nitrogen functional groups attached to an aromatic ring is 1. The van der Waals surface area contributed by atoms with Crippen molar-refractivity contribution in [3.05, 3.63) is 6.07 Å². The Morgan fingerprint density at radius 1 is 1.17 bits per heavy atom. The smallest absolute Gasteiger partial charge is 0.223 e. The second-order valence-corrected chi connectivity index (χ2v) is 5.03. The molecule has 102 valence electrons. The first-order chi connectivity index (χ1) is 8.52. The summed E-state index contributed by atoms with van der Waals surface area (Å²) in [4.78, 5) is 8.34. The first-order valence-electron chi connectivity index (χ1n) is 6.65. The first kappa shape index (κ1) is 14.5. The van der Waals surface area contributed by atoms with Crippen molar-refractivity contribution in [1.82, 2.24) is 9.97 Å². The van der Waals surface area contributed by atoms with E-state index in [-0.39, 0.29) is 0 Å². The zero-order valence-electron chi connectivity index (χ0n) is 11.8. The fraction of sp³-hybridized carbons (Fsp3) is 0.692. The molecule has 1 atom stereocenters. The Balaban J connectivity index is 2.62. The molecule has 0 saturated carbocycles. The molecular formula is C13H25N5. The van der Waals surface area contributed by atoms with Crippen molar-refractivity contribution in [2.45, 2.75) is 34.1 Å². The SMILES string of the molecule is CCCNc1cc(NCC(C)C(C)C)nc(N)n1. The van der Waals surface area contributed by atoms with Gasteiger partial charge in [-0.05, 0) is 18.3 Å². The van der Waals surface area contributed by atoms with Gasteiger partial charge in [-0.3, -0.25) is 0 Å². The number of nitrogens with two attached hydrogens (primary N) is 1. The Hall–Kier alpha value is -1.52. The number of rotatable bonds is 7. The second kappa shape index (κ2) is 7.03. The Morgan fingerprint density at radius 2 is 1.78 bits per heavy atom. The van der Waals surface area contributed by atoms with Crippen LogP contribution in [0.3, 0.4) is 0 Å². The minimum atomic E-state index is 0.302. The van der Waals surface area contributed by atoms with E-state index in [9.17, 15) is 0 Å². The van der Waals surface area contributed by atoms with Crippen molar-refractivity contribution < 1.29 is 0 Å². The Kier molecular flexibility index (Phi) is 5.68. The average Bonchev–Trinajstić information content (AvgIpc) is 2.32. The molecule has 5 heteroatoms. The molecule has 0 bridgehead atoms. The van der Waals surface area contributed by atoms with Crippen LogP contribution in [-0.4, -0.2) is 23.1 Å². The highest BCUT2D eigenvalue weighted by molar-refractivity contribution is 5.50. The Labute approximate surface area is 110 Å². The predicted octanol–water partition coefficient (Wildman–Crippen LogP) is 2.58. The van der Waals surface area contributed by atoms with Crippen LogP contribution in [0.25, 0.3) is 0 Å². The van der Waals surface area contributed by atoms with Crippen molar-refractivity contribution in [1.29, 1.82) is 0 Å². The average molecular weight is 251 g/mol. The van der Waals surface area contributed by atoms with Crippen LogP contribution in [0.5, 0.6) is 0 Å². The molecule has 0 aromatic carbocycles. The zero-order chi connectivity index (χ0) is 13.5. The number of aromatic nitrogens is 2. The summed E-state index contributed by atoms with van der Waals surface area (Å²) in [6, 6.07) is 1.90. The topological polar surface area (TPSA) is 75.9 Å². The van der Waals surface area contributed by atoms with E-state index in [0.717, 1.165) is 31.1 Å². The molecule has 0 aliphatic rings. The van der Waals surface area contributed by atoms with Gasteiger partial charge in [-0.25, -0.2) is 0 Å². The molecule has 0 aliphatic carbocycles. The number of nitrogens with one attached hydrogen (secondary N) is 2. The van der Waals surface area contributed by atoms with E-state index in [1.54, 1.807) is 0 Å². The van der Waals surface area contributed by atoms with E-state index in [4.69, 9.17) is 5.73 Å².